The van der Waals surface area contributed by atoms with Gasteiger partial charge in [0.15, 0.2) is 5.96 Å². The van der Waals surface area contributed by atoms with Gasteiger partial charge in [-0.15, -0.1) is 0 Å². The molecule has 0 bridgehead atoms. The van der Waals surface area contributed by atoms with Crippen LogP contribution < -0.4 is 15.8 Å². The van der Waals surface area contributed by atoms with Crippen LogP contribution in [0.2, 0.25) is 0 Å². The number of hydrogen-bond acceptors (Lipinski definition) is 4. The van der Waals surface area contributed by atoms with E-state index in [1.54, 1.807) is 7.11 Å². The summed E-state index contributed by atoms with van der Waals surface area (Å²) in [5.74, 6) is 1.22. The van der Waals surface area contributed by atoms with E-state index in [4.69, 9.17) is 19.9 Å². The van der Waals surface area contributed by atoms with Crippen LogP contribution in [0, 0.1) is 6.92 Å². The number of guanidine groups is 1. The number of rotatable bonds is 10. The van der Waals surface area contributed by atoms with Crippen LogP contribution in [0.15, 0.2) is 23.2 Å². The van der Waals surface area contributed by atoms with Gasteiger partial charge in [-0.25, -0.2) is 4.99 Å². The predicted molar refractivity (Wildman–Crippen MR) is 93.0 cm³/mol. The third-order valence-corrected chi connectivity index (χ3v) is 3.14. The minimum Gasteiger partial charge on any atom is -0.491 e. The second-order valence-corrected chi connectivity index (χ2v) is 5.36. The van der Waals surface area contributed by atoms with Gasteiger partial charge in [0.05, 0.1) is 19.8 Å². The van der Waals surface area contributed by atoms with Crippen molar-refractivity contribution < 1.29 is 14.2 Å². The fraction of sp³-hybridized carbons (Fsp3) is 0.588. The number of nitrogens with zero attached hydrogens (tertiary/aromatic N) is 1. The maximum absolute atomic E-state index is 5.89. The Hall–Kier alpha value is -1.79. The van der Waals surface area contributed by atoms with E-state index in [1.165, 1.54) is 0 Å². The number of aliphatic imine (C=N–C) groups is 1. The second kappa shape index (κ2) is 10.9. The van der Waals surface area contributed by atoms with E-state index in [0.29, 0.717) is 38.9 Å². The lowest BCUT2D eigenvalue weighted by Gasteiger charge is -2.14. The van der Waals surface area contributed by atoms with Gasteiger partial charge in [0.2, 0.25) is 0 Å². The Bertz CT molecular complexity index is 492. The molecular formula is C17H29N3O3. The zero-order chi connectivity index (χ0) is 17.1. The molecule has 1 atom stereocenters. The first-order valence-electron chi connectivity index (χ1n) is 7.92. The van der Waals surface area contributed by atoms with Crippen LogP contribution in [0.25, 0.3) is 0 Å². The van der Waals surface area contributed by atoms with Crippen molar-refractivity contribution in [2.45, 2.75) is 33.4 Å². The molecule has 0 fully saturated rings. The molecule has 6 heteroatoms. The molecule has 0 aromatic heterocycles. The molecule has 0 radical (unpaired) electrons. The zero-order valence-corrected chi connectivity index (χ0v) is 14.6. The van der Waals surface area contributed by atoms with Crippen LogP contribution >= 0.6 is 0 Å². The van der Waals surface area contributed by atoms with E-state index in [-0.39, 0.29) is 6.04 Å². The summed E-state index contributed by atoms with van der Waals surface area (Å²) in [7, 11) is 1.66. The van der Waals surface area contributed by atoms with Crippen molar-refractivity contribution in [3.63, 3.8) is 0 Å². The van der Waals surface area contributed by atoms with Crippen molar-refractivity contribution in [1.29, 1.82) is 0 Å². The van der Waals surface area contributed by atoms with Crippen LogP contribution in [0.1, 0.15) is 25.0 Å². The van der Waals surface area contributed by atoms with Gasteiger partial charge in [-0.2, -0.15) is 0 Å². The molecule has 23 heavy (non-hydrogen) atoms. The molecule has 0 aliphatic rings. The fourth-order valence-corrected chi connectivity index (χ4v) is 2.04. The highest BCUT2D eigenvalue weighted by molar-refractivity contribution is 5.78. The van der Waals surface area contributed by atoms with Gasteiger partial charge in [-0.1, -0.05) is 12.1 Å². The Morgan fingerprint density at radius 2 is 2.13 bits per heavy atom. The highest BCUT2D eigenvalue weighted by atomic mass is 16.5. The standard InChI is InChI=1S/C17H29N3O3/c1-5-22-8-9-23-16-10-13(2)6-7-15(16)11-19-17(18)20-14(3)12-21-4/h6-7,10,14H,5,8-9,11-12H2,1-4H3,(H3,18,19,20). The SMILES string of the molecule is CCOCCOc1cc(C)ccc1CN=C(N)NC(C)COC. The Kier molecular flexibility index (Phi) is 9.09. The number of ether oxygens (including phenoxy) is 3. The number of nitrogens with two attached hydrogens (primary N) is 1. The molecule has 1 unspecified atom stereocenters. The molecule has 0 aliphatic heterocycles. The quantitative estimate of drug-likeness (QED) is 0.390. The predicted octanol–water partition coefficient (Wildman–Crippen LogP) is 1.85. The van der Waals surface area contributed by atoms with Crippen LogP contribution in [-0.2, 0) is 16.0 Å². The smallest absolute Gasteiger partial charge is 0.189 e. The maximum atomic E-state index is 5.89. The lowest BCUT2D eigenvalue weighted by Crippen LogP contribution is -2.40. The summed E-state index contributed by atoms with van der Waals surface area (Å²) >= 11 is 0. The summed E-state index contributed by atoms with van der Waals surface area (Å²) in [6.45, 7) is 8.81. The van der Waals surface area contributed by atoms with Crippen LogP contribution in [0.3, 0.4) is 0 Å². The highest BCUT2D eigenvalue weighted by Crippen LogP contribution is 2.21. The molecule has 130 valence electrons. The lowest BCUT2D eigenvalue weighted by atomic mass is 10.1. The topological polar surface area (TPSA) is 78.1 Å². The maximum Gasteiger partial charge on any atom is 0.189 e. The minimum atomic E-state index is 0.115. The summed E-state index contributed by atoms with van der Waals surface area (Å²) in [5, 5.41) is 3.08. The first kappa shape index (κ1) is 19.3. The van der Waals surface area contributed by atoms with E-state index in [1.807, 2.05) is 39.0 Å². The van der Waals surface area contributed by atoms with E-state index in [2.05, 4.69) is 10.3 Å². The average molecular weight is 323 g/mol. The van der Waals surface area contributed by atoms with E-state index >= 15 is 0 Å². The van der Waals surface area contributed by atoms with E-state index in [0.717, 1.165) is 16.9 Å². The number of nitrogens with one attached hydrogen (secondary N) is 1. The third kappa shape index (κ3) is 7.85. The molecule has 0 saturated carbocycles. The number of hydrogen-bond donors (Lipinski definition) is 2. The summed E-state index contributed by atoms with van der Waals surface area (Å²) in [6.07, 6.45) is 0. The summed E-state index contributed by atoms with van der Waals surface area (Å²) < 4.78 is 16.2. The Morgan fingerprint density at radius 3 is 2.83 bits per heavy atom. The second-order valence-electron chi connectivity index (χ2n) is 5.36. The number of benzene rings is 1. The van der Waals surface area contributed by atoms with E-state index < -0.39 is 0 Å². The van der Waals surface area contributed by atoms with Crippen LogP contribution in [0.5, 0.6) is 5.75 Å². The van der Waals surface area contributed by atoms with Gasteiger partial charge in [0, 0.05) is 25.3 Å². The summed E-state index contributed by atoms with van der Waals surface area (Å²) in [5.41, 5.74) is 8.03. The molecule has 6 nitrogen and oxygen atoms in total. The Morgan fingerprint density at radius 1 is 1.35 bits per heavy atom. The Labute approximate surface area is 139 Å². The van der Waals surface area contributed by atoms with Gasteiger partial charge in [-0.05, 0) is 32.4 Å². The van der Waals surface area contributed by atoms with Crippen LogP contribution in [0.4, 0.5) is 0 Å². The van der Waals surface area contributed by atoms with Crippen molar-refractivity contribution in [3.05, 3.63) is 29.3 Å². The van der Waals surface area contributed by atoms with E-state index in [9.17, 15) is 0 Å². The molecule has 0 spiro atoms. The molecule has 0 aliphatic carbocycles. The normalized spacial score (nSPS) is 13.0. The molecule has 0 amide bonds. The summed E-state index contributed by atoms with van der Waals surface area (Å²) in [4.78, 5) is 4.37. The molecule has 3 N–H and O–H groups in total. The molecule has 0 saturated heterocycles. The van der Waals surface area contributed by atoms with Crippen LogP contribution in [-0.4, -0.2) is 45.5 Å². The molecule has 1 rings (SSSR count). The lowest BCUT2D eigenvalue weighted by molar-refractivity contribution is 0.110. The summed E-state index contributed by atoms with van der Waals surface area (Å²) in [6, 6.07) is 6.18. The highest BCUT2D eigenvalue weighted by Gasteiger charge is 2.06. The number of methoxy groups -OCH3 is 1. The van der Waals surface area contributed by atoms with Gasteiger partial charge in [0.25, 0.3) is 0 Å². The van der Waals surface area contributed by atoms with Crippen molar-refractivity contribution in [1.82, 2.24) is 5.32 Å². The fourth-order valence-electron chi connectivity index (χ4n) is 2.04. The first-order chi connectivity index (χ1) is 11.1. The van der Waals surface area contributed by atoms with Gasteiger partial charge >= 0.3 is 0 Å². The van der Waals surface area contributed by atoms with Gasteiger partial charge in [0.1, 0.15) is 12.4 Å². The molecule has 0 heterocycles. The van der Waals surface area contributed by atoms with Crippen molar-refractivity contribution >= 4 is 5.96 Å². The van der Waals surface area contributed by atoms with Gasteiger partial charge < -0.3 is 25.3 Å². The zero-order valence-electron chi connectivity index (χ0n) is 14.6. The molecular weight excluding hydrogens is 294 g/mol. The van der Waals surface area contributed by atoms with Crippen molar-refractivity contribution in [2.75, 3.05) is 33.5 Å². The molecule has 1 aromatic rings. The monoisotopic (exact) mass is 323 g/mol. The minimum absolute atomic E-state index is 0.115. The third-order valence-electron chi connectivity index (χ3n) is 3.14. The van der Waals surface area contributed by atoms with Crippen molar-refractivity contribution in [2.24, 2.45) is 10.7 Å². The molecule has 1 aromatic carbocycles. The largest absolute Gasteiger partial charge is 0.491 e. The number of aryl methyl sites for hydroxylation is 1. The average Bonchev–Trinajstić information content (AvgIpc) is 2.51. The van der Waals surface area contributed by atoms with Crippen molar-refractivity contribution in [3.8, 4) is 5.75 Å². The van der Waals surface area contributed by atoms with Gasteiger partial charge in [-0.3, -0.25) is 0 Å². The first-order valence-corrected chi connectivity index (χ1v) is 7.92. The Balaban J connectivity index is 2.64.